The maximum Gasteiger partial charge on any atom is 0.176 e. The second kappa shape index (κ2) is 3.44. The molecule has 0 aliphatic rings. The van der Waals surface area contributed by atoms with Crippen LogP contribution in [0.5, 0.6) is 0 Å². The largest absolute Gasteiger partial charge is 0.258 e. The van der Waals surface area contributed by atoms with Gasteiger partial charge in [-0.1, -0.05) is 0 Å². The topological polar surface area (TPSA) is 96.4 Å². The third-order valence-electron chi connectivity index (χ3n) is 0.369. The van der Waals surface area contributed by atoms with Crippen LogP contribution in [0, 0.1) is 16.7 Å². The molecular weight excluding hydrogens is 106 g/mol. The van der Waals surface area contributed by atoms with E-state index in [-0.39, 0.29) is 5.70 Å². The summed E-state index contributed by atoms with van der Waals surface area (Å²) in [4.78, 5) is 2.26. The Balaban J connectivity index is 4.45. The van der Waals surface area contributed by atoms with Gasteiger partial charge in [-0.05, 0) is 16.5 Å². The van der Waals surface area contributed by atoms with Crippen LogP contribution in [-0.2, 0) is 0 Å². The first-order valence-corrected chi connectivity index (χ1v) is 1.60. The molecule has 0 heterocycles. The van der Waals surface area contributed by atoms with Crippen molar-refractivity contribution in [3.05, 3.63) is 16.1 Å². The Morgan fingerprint density at radius 2 is 2.50 bits per heavy atom. The van der Waals surface area contributed by atoms with Crippen molar-refractivity contribution in [2.45, 2.75) is 0 Å². The van der Waals surface area contributed by atoms with Crippen LogP contribution in [0.25, 0.3) is 10.4 Å². The maximum absolute atomic E-state index is 7.92. The highest BCUT2D eigenvalue weighted by Gasteiger charge is 1.81. The molecule has 0 aliphatic carbocycles. The average molecular weight is 107 g/mol. The van der Waals surface area contributed by atoms with Gasteiger partial charge >= 0.3 is 0 Å². The lowest BCUT2D eigenvalue weighted by molar-refractivity contribution is 1.37. The van der Waals surface area contributed by atoms with Crippen LogP contribution in [0.2, 0.25) is 0 Å². The first kappa shape index (κ1) is 6.25. The summed E-state index contributed by atoms with van der Waals surface area (Å²) in [6.45, 7) is 0. The normalized spacial score (nSPS) is 5.38. The van der Waals surface area contributed by atoms with E-state index >= 15 is 0 Å². The average Bonchev–Trinajstić information content (AvgIpc) is 1.83. The molecule has 38 valence electrons. The van der Waals surface area contributed by atoms with Gasteiger partial charge in [0.1, 0.15) is 6.07 Å². The minimum absolute atomic E-state index is 0.354. The molecule has 0 fully saturated rings. The van der Waals surface area contributed by atoms with Crippen LogP contribution >= 0.6 is 0 Å². The summed E-state index contributed by atoms with van der Waals surface area (Å²) >= 11 is 0. The molecule has 0 aromatic rings. The Morgan fingerprint density at radius 3 is 2.62 bits per heavy atom. The molecule has 0 bridgehead atoms. The number of nitrogens with one attached hydrogen (secondary N) is 1. The number of nitriles is 1. The van der Waals surface area contributed by atoms with Crippen molar-refractivity contribution in [2.75, 3.05) is 0 Å². The molecule has 0 rings (SSSR count). The van der Waals surface area contributed by atoms with Crippen molar-refractivity contribution >= 4 is 5.87 Å². The van der Waals surface area contributed by atoms with Gasteiger partial charge in [0, 0.05) is 4.91 Å². The Morgan fingerprint density at radius 1 is 1.88 bits per heavy atom. The summed E-state index contributed by atoms with van der Waals surface area (Å²) in [5.74, 6) is 1.64. The lowest BCUT2D eigenvalue weighted by Crippen LogP contribution is -1.65. The number of nitrogens with zero attached hydrogens (tertiary/aromatic N) is 4. The second-order valence-electron chi connectivity index (χ2n) is 0.775. The molecule has 8 heavy (non-hydrogen) atoms. The minimum Gasteiger partial charge on any atom is -0.258 e. The first-order valence-electron chi connectivity index (χ1n) is 1.60. The van der Waals surface area contributed by atoms with E-state index in [1.54, 1.807) is 5.87 Å². The van der Waals surface area contributed by atoms with Crippen LogP contribution in [-0.4, -0.2) is 5.87 Å². The number of hydrogen-bond donors (Lipinski definition) is 1. The van der Waals surface area contributed by atoms with Gasteiger partial charge in [-0.3, -0.25) is 5.41 Å². The molecule has 0 spiro atoms. The standard InChI is InChI=1S/C3HN5/c4-1-3(2-5)7-8-6/h4H. The summed E-state index contributed by atoms with van der Waals surface area (Å²) in [6.07, 6.45) is 0. The van der Waals surface area contributed by atoms with Crippen LogP contribution < -0.4 is 0 Å². The van der Waals surface area contributed by atoms with Crippen LogP contribution in [0.15, 0.2) is 10.8 Å². The molecule has 0 saturated carbocycles. The van der Waals surface area contributed by atoms with Gasteiger partial charge in [0.25, 0.3) is 0 Å². The van der Waals surface area contributed by atoms with Crippen molar-refractivity contribution in [2.24, 2.45) is 5.11 Å². The number of rotatable bonds is 1. The van der Waals surface area contributed by atoms with E-state index in [4.69, 9.17) is 16.2 Å². The number of allylic oxidation sites excluding steroid dienone is 1. The van der Waals surface area contributed by atoms with E-state index in [1.165, 1.54) is 6.07 Å². The van der Waals surface area contributed by atoms with E-state index in [9.17, 15) is 0 Å². The fourth-order valence-electron chi connectivity index (χ4n) is 0.120. The highest BCUT2D eigenvalue weighted by molar-refractivity contribution is 5.59. The van der Waals surface area contributed by atoms with E-state index in [0.717, 1.165) is 0 Å². The highest BCUT2D eigenvalue weighted by atomic mass is 15.1. The van der Waals surface area contributed by atoms with Crippen LogP contribution in [0.3, 0.4) is 0 Å². The number of azide groups is 1. The lowest BCUT2D eigenvalue weighted by Gasteiger charge is -1.66. The SMILES string of the molecule is N#CC(=C=N)N=[N+]=[N-]. The molecule has 0 aromatic heterocycles. The number of hydrogen-bond acceptors (Lipinski definition) is 3. The molecule has 0 atom stereocenters. The van der Waals surface area contributed by atoms with E-state index in [2.05, 4.69) is 10.0 Å². The Labute approximate surface area is 45.0 Å². The van der Waals surface area contributed by atoms with Crippen molar-refractivity contribution in [1.29, 1.82) is 10.7 Å². The Hall–Kier alpha value is -1.75. The lowest BCUT2D eigenvalue weighted by atomic mass is 10.6. The van der Waals surface area contributed by atoms with Crippen LogP contribution in [0.1, 0.15) is 0 Å². The Kier molecular flexibility index (Phi) is 2.69. The zero-order valence-corrected chi connectivity index (χ0v) is 3.79. The zero-order chi connectivity index (χ0) is 6.41. The molecule has 0 aliphatic heterocycles. The molecular formula is C3HN5. The summed E-state index contributed by atoms with van der Waals surface area (Å²) in [6, 6.07) is 1.45. The fraction of sp³-hybridized carbons (Fsp3) is 0. The minimum atomic E-state index is -0.354. The molecule has 5 nitrogen and oxygen atoms in total. The van der Waals surface area contributed by atoms with Crippen LogP contribution in [0.4, 0.5) is 0 Å². The molecule has 0 unspecified atom stereocenters. The second-order valence-corrected chi connectivity index (χ2v) is 0.775. The summed E-state index contributed by atoms with van der Waals surface area (Å²) in [5, 5.41) is 17.0. The summed E-state index contributed by atoms with van der Waals surface area (Å²) in [7, 11) is 0. The highest BCUT2D eigenvalue weighted by Crippen LogP contribution is 1.84. The zero-order valence-electron chi connectivity index (χ0n) is 3.79. The van der Waals surface area contributed by atoms with Crippen molar-refractivity contribution < 1.29 is 0 Å². The summed E-state index contributed by atoms with van der Waals surface area (Å²) < 4.78 is 0. The quantitative estimate of drug-likeness (QED) is 0.174. The Bertz CT molecular complexity index is 208. The van der Waals surface area contributed by atoms with Crippen molar-refractivity contribution in [3.8, 4) is 6.07 Å². The third-order valence-corrected chi connectivity index (χ3v) is 0.369. The molecule has 0 amide bonds. The van der Waals surface area contributed by atoms with E-state index < -0.39 is 0 Å². The van der Waals surface area contributed by atoms with Gasteiger partial charge in [-0.15, -0.1) is 0 Å². The van der Waals surface area contributed by atoms with Gasteiger partial charge in [0.05, 0.1) is 0 Å². The predicted octanol–water partition coefficient (Wildman–Crippen LogP) is 0.953. The monoisotopic (exact) mass is 107 g/mol. The van der Waals surface area contributed by atoms with Crippen molar-refractivity contribution in [1.82, 2.24) is 0 Å². The maximum atomic E-state index is 7.92. The van der Waals surface area contributed by atoms with Gasteiger partial charge in [0.15, 0.2) is 5.70 Å². The van der Waals surface area contributed by atoms with E-state index in [1.807, 2.05) is 0 Å². The smallest absolute Gasteiger partial charge is 0.176 e. The molecule has 0 radical (unpaired) electrons. The fourth-order valence-corrected chi connectivity index (χ4v) is 0.120. The summed E-state index contributed by atoms with van der Waals surface area (Å²) in [5.41, 5.74) is 7.31. The molecule has 0 saturated heterocycles. The van der Waals surface area contributed by atoms with Gasteiger partial charge in [0.2, 0.25) is 0 Å². The molecule has 0 aromatic carbocycles. The van der Waals surface area contributed by atoms with Crippen molar-refractivity contribution in [3.63, 3.8) is 0 Å². The molecule has 1 N–H and O–H groups in total. The van der Waals surface area contributed by atoms with Gasteiger partial charge in [-0.2, -0.15) is 5.26 Å². The van der Waals surface area contributed by atoms with E-state index in [0.29, 0.717) is 0 Å². The van der Waals surface area contributed by atoms with Gasteiger partial charge < -0.3 is 0 Å². The van der Waals surface area contributed by atoms with Gasteiger partial charge in [-0.25, -0.2) is 0 Å². The first-order chi connectivity index (χ1) is 3.85. The molecule has 5 heteroatoms. The third kappa shape index (κ3) is 1.63. The predicted molar refractivity (Wildman–Crippen MR) is 26.0 cm³/mol.